The maximum atomic E-state index is 12.7. The number of phosphoric acid groups is 2. The van der Waals surface area contributed by atoms with E-state index in [-0.39, 0.29) is 18.1 Å². The van der Waals surface area contributed by atoms with E-state index in [9.17, 15) is 14.2 Å². The van der Waals surface area contributed by atoms with Crippen molar-refractivity contribution >= 4 is 15.6 Å². The summed E-state index contributed by atoms with van der Waals surface area (Å²) >= 11 is 0. The molecule has 10 heteroatoms. The van der Waals surface area contributed by atoms with E-state index < -0.39 is 21.1 Å². The van der Waals surface area contributed by atoms with Crippen LogP contribution in [0.25, 0.3) is 0 Å². The Morgan fingerprint density at radius 2 is 1.80 bits per heavy atom. The molecule has 0 fully saturated rings. The Hall–Kier alpha value is -0.880. The Labute approximate surface area is 148 Å². The molecule has 0 aliphatic carbocycles. The molecule has 25 heavy (non-hydrogen) atoms. The Bertz CT molecular complexity index is 667. The second-order valence-electron chi connectivity index (χ2n) is 6.22. The molecule has 3 N–H and O–H groups in total. The normalized spacial score (nSPS) is 15.0. The second-order valence-corrected chi connectivity index (χ2v) is 9.18. The van der Waals surface area contributed by atoms with Crippen molar-refractivity contribution in [1.29, 1.82) is 0 Å². The van der Waals surface area contributed by atoms with E-state index in [2.05, 4.69) is 4.31 Å². The van der Waals surface area contributed by atoms with Crippen LogP contribution in [0, 0.1) is 0 Å². The SMILES string of the molecule is CCCCOP(=O)(Oc1ccc(O)cc1C(C)(C)CC)OP(=O)(O)O. The lowest BCUT2D eigenvalue weighted by Gasteiger charge is -2.27. The quantitative estimate of drug-likeness (QED) is 0.390. The fourth-order valence-corrected chi connectivity index (χ4v) is 4.12. The molecular formula is C15H26O8P2. The van der Waals surface area contributed by atoms with Crippen molar-refractivity contribution < 1.29 is 37.4 Å². The van der Waals surface area contributed by atoms with Crippen LogP contribution < -0.4 is 4.52 Å². The molecule has 144 valence electrons. The first kappa shape index (κ1) is 22.2. The topological polar surface area (TPSA) is 123 Å². The monoisotopic (exact) mass is 396 g/mol. The molecule has 0 amide bonds. The van der Waals surface area contributed by atoms with Gasteiger partial charge in [-0.05, 0) is 36.5 Å². The molecule has 0 saturated heterocycles. The lowest BCUT2D eigenvalue weighted by Crippen LogP contribution is -2.17. The Kier molecular flexibility index (Phi) is 7.69. The molecule has 1 aromatic rings. The van der Waals surface area contributed by atoms with Crippen molar-refractivity contribution in [1.82, 2.24) is 0 Å². The summed E-state index contributed by atoms with van der Waals surface area (Å²) < 4.78 is 38.5. The lowest BCUT2D eigenvalue weighted by molar-refractivity contribution is 0.181. The Morgan fingerprint density at radius 3 is 2.32 bits per heavy atom. The van der Waals surface area contributed by atoms with Gasteiger partial charge in [0.2, 0.25) is 0 Å². The molecule has 1 atom stereocenters. The van der Waals surface area contributed by atoms with E-state index in [0.717, 1.165) is 6.42 Å². The maximum absolute atomic E-state index is 12.7. The zero-order chi connectivity index (χ0) is 19.3. The van der Waals surface area contributed by atoms with E-state index in [0.29, 0.717) is 18.4 Å². The van der Waals surface area contributed by atoms with Crippen LogP contribution >= 0.6 is 15.6 Å². The molecule has 0 radical (unpaired) electrons. The summed E-state index contributed by atoms with van der Waals surface area (Å²) in [5, 5.41) is 9.74. The fourth-order valence-electron chi connectivity index (χ4n) is 1.95. The maximum Gasteiger partial charge on any atom is 0.539 e. The van der Waals surface area contributed by atoms with Gasteiger partial charge in [0.1, 0.15) is 11.5 Å². The van der Waals surface area contributed by atoms with Crippen LogP contribution in [0.4, 0.5) is 0 Å². The molecule has 1 rings (SSSR count). The Morgan fingerprint density at radius 1 is 1.16 bits per heavy atom. The summed E-state index contributed by atoms with van der Waals surface area (Å²) in [6.07, 6.45) is 1.91. The van der Waals surface area contributed by atoms with Gasteiger partial charge < -0.3 is 19.4 Å². The minimum absolute atomic E-state index is 0.0125. The van der Waals surface area contributed by atoms with Gasteiger partial charge in [-0.15, -0.1) is 0 Å². The molecule has 8 nitrogen and oxygen atoms in total. The number of aromatic hydroxyl groups is 1. The number of phosphoric ester groups is 1. The highest BCUT2D eigenvalue weighted by molar-refractivity contribution is 7.61. The van der Waals surface area contributed by atoms with Crippen molar-refractivity contribution in [3.8, 4) is 11.5 Å². The number of phenolic OH excluding ortho intramolecular Hbond substituents is 1. The van der Waals surface area contributed by atoms with Crippen molar-refractivity contribution in [2.45, 2.75) is 52.4 Å². The van der Waals surface area contributed by atoms with Crippen LogP contribution in [0.5, 0.6) is 11.5 Å². The summed E-state index contributed by atoms with van der Waals surface area (Å²) in [5.41, 5.74) is 0.0633. The minimum atomic E-state index is -5.11. The van der Waals surface area contributed by atoms with Gasteiger partial charge in [-0.2, -0.15) is 4.31 Å². The summed E-state index contributed by atoms with van der Waals surface area (Å²) in [4.78, 5) is 18.0. The molecule has 0 saturated carbocycles. The van der Waals surface area contributed by atoms with E-state index in [1.54, 1.807) is 0 Å². The molecule has 0 aliphatic rings. The van der Waals surface area contributed by atoms with Crippen molar-refractivity contribution in [2.75, 3.05) is 6.61 Å². The molecule has 0 bridgehead atoms. The molecular weight excluding hydrogens is 370 g/mol. The molecule has 0 aromatic heterocycles. The fraction of sp³-hybridized carbons (Fsp3) is 0.600. The molecule has 1 unspecified atom stereocenters. The molecule has 0 heterocycles. The standard InChI is InChI=1S/C15H26O8P2/c1-5-7-10-21-25(20,23-24(17,18)19)22-14-9-8-12(16)11-13(14)15(3,4)6-2/h8-9,11,16H,5-7,10H2,1-4H3,(H2,17,18,19). The second kappa shape index (κ2) is 8.67. The molecule has 0 spiro atoms. The minimum Gasteiger partial charge on any atom is -0.508 e. The van der Waals surface area contributed by atoms with E-state index >= 15 is 0 Å². The summed E-state index contributed by atoms with van der Waals surface area (Å²) in [5.74, 6) is 0.0550. The number of hydrogen-bond acceptors (Lipinski definition) is 6. The first-order chi connectivity index (χ1) is 11.4. The number of unbranched alkanes of at least 4 members (excludes halogenated alkanes) is 1. The number of hydrogen-bond donors (Lipinski definition) is 3. The number of phenols is 1. The average Bonchev–Trinajstić information content (AvgIpc) is 2.47. The largest absolute Gasteiger partial charge is 0.539 e. The van der Waals surface area contributed by atoms with Crippen LogP contribution in [0.3, 0.4) is 0 Å². The van der Waals surface area contributed by atoms with Gasteiger partial charge in [0.25, 0.3) is 0 Å². The third kappa shape index (κ3) is 7.10. The van der Waals surface area contributed by atoms with E-state index in [1.807, 2.05) is 27.7 Å². The molecule has 0 aliphatic heterocycles. The molecule has 1 aromatic carbocycles. The first-order valence-electron chi connectivity index (χ1n) is 7.97. The third-order valence-corrected chi connectivity index (χ3v) is 6.31. The predicted molar refractivity (Wildman–Crippen MR) is 93.6 cm³/mol. The first-order valence-corrected chi connectivity index (χ1v) is 11.0. The lowest BCUT2D eigenvalue weighted by atomic mass is 9.81. The van der Waals surface area contributed by atoms with Gasteiger partial charge in [-0.1, -0.05) is 34.1 Å². The van der Waals surface area contributed by atoms with E-state index in [4.69, 9.17) is 18.8 Å². The van der Waals surface area contributed by atoms with Gasteiger partial charge in [0.05, 0.1) is 6.61 Å². The van der Waals surface area contributed by atoms with Gasteiger partial charge in [-0.25, -0.2) is 9.13 Å². The van der Waals surface area contributed by atoms with Gasteiger partial charge in [0, 0.05) is 5.56 Å². The zero-order valence-corrected chi connectivity index (χ0v) is 16.6. The van der Waals surface area contributed by atoms with Crippen LogP contribution in [0.2, 0.25) is 0 Å². The van der Waals surface area contributed by atoms with Crippen LogP contribution in [0.1, 0.15) is 52.5 Å². The number of rotatable bonds is 10. The van der Waals surface area contributed by atoms with Crippen LogP contribution in [-0.4, -0.2) is 21.5 Å². The van der Waals surface area contributed by atoms with Gasteiger partial charge in [-0.3, -0.25) is 4.52 Å². The van der Waals surface area contributed by atoms with E-state index in [1.165, 1.54) is 18.2 Å². The zero-order valence-electron chi connectivity index (χ0n) is 14.8. The highest BCUT2D eigenvalue weighted by atomic mass is 31.3. The summed E-state index contributed by atoms with van der Waals surface area (Å²) in [6.45, 7) is 7.54. The summed E-state index contributed by atoms with van der Waals surface area (Å²) in [7, 11) is -9.67. The van der Waals surface area contributed by atoms with Crippen molar-refractivity contribution in [2.24, 2.45) is 0 Å². The van der Waals surface area contributed by atoms with Crippen LogP contribution in [0.15, 0.2) is 18.2 Å². The van der Waals surface area contributed by atoms with Crippen molar-refractivity contribution in [3.63, 3.8) is 0 Å². The summed E-state index contributed by atoms with van der Waals surface area (Å²) in [6, 6.07) is 4.13. The Balaban J connectivity index is 3.24. The van der Waals surface area contributed by atoms with Crippen molar-refractivity contribution in [3.05, 3.63) is 23.8 Å². The predicted octanol–water partition coefficient (Wildman–Crippen LogP) is 4.49. The highest BCUT2D eigenvalue weighted by Gasteiger charge is 2.39. The van der Waals surface area contributed by atoms with Gasteiger partial charge >= 0.3 is 15.6 Å². The van der Waals surface area contributed by atoms with Crippen LogP contribution in [-0.2, 0) is 23.4 Å². The highest BCUT2D eigenvalue weighted by Crippen LogP contribution is 2.61. The number of benzene rings is 1. The average molecular weight is 396 g/mol. The smallest absolute Gasteiger partial charge is 0.508 e. The third-order valence-electron chi connectivity index (χ3n) is 3.74. The van der Waals surface area contributed by atoms with Gasteiger partial charge in [0.15, 0.2) is 0 Å².